The maximum absolute atomic E-state index is 11.7. The first-order valence-corrected chi connectivity index (χ1v) is 4.83. The molecule has 1 aliphatic heterocycles. The van der Waals surface area contributed by atoms with Crippen molar-refractivity contribution in [2.45, 2.75) is 33.6 Å². The van der Waals surface area contributed by atoms with Gasteiger partial charge in [0.15, 0.2) is 0 Å². The van der Waals surface area contributed by atoms with Crippen LogP contribution in [0.3, 0.4) is 0 Å². The van der Waals surface area contributed by atoms with E-state index in [9.17, 15) is 4.79 Å². The zero-order chi connectivity index (χ0) is 10.1. The molecule has 0 aromatic rings. The molecule has 0 aliphatic carbocycles. The highest BCUT2D eigenvalue weighted by Gasteiger charge is 2.24. The molecular weight excluding hydrogens is 162 g/mol. The van der Waals surface area contributed by atoms with Gasteiger partial charge in [0.25, 0.3) is 0 Å². The highest BCUT2D eigenvalue weighted by Crippen LogP contribution is 2.22. The first-order chi connectivity index (χ1) is 5.88. The molecule has 1 amide bonds. The van der Waals surface area contributed by atoms with E-state index in [1.807, 2.05) is 4.90 Å². The SMILES string of the molecule is C=C1CCN(C(=O)CC(C)(C)C)C1. The molecule has 0 N–H and O–H groups in total. The van der Waals surface area contributed by atoms with E-state index in [1.165, 1.54) is 5.57 Å². The zero-order valence-corrected chi connectivity index (χ0v) is 8.89. The topological polar surface area (TPSA) is 20.3 Å². The summed E-state index contributed by atoms with van der Waals surface area (Å²) in [7, 11) is 0. The summed E-state index contributed by atoms with van der Waals surface area (Å²) in [5.74, 6) is 0.270. The maximum atomic E-state index is 11.7. The number of carbonyl (C=O) groups is 1. The van der Waals surface area contributed by atoms with Crippen LogP contribution < -0.4 is 0 Å². The summed E-state index contributed by atoms with van der Waals surface area (Å²) in [4.78, 5) is 13.6. The number of rotatable bonds is 1. The predicted octanol–water partition coefficient (Wildman–Crippen LogP) is 2.21. The molecule has 2 nitrogen and oxygen atoms in total. The summed E-state index contributed by atoms with van der Waals surface area (Å²) >= 11 is 0. The van der Waals surface area contributed by atoms with Gasteiger partial charge in [0.1, 0.15) is 0 Å². The van der Waals surface area contributed by atoms with Crippen LogP contribution in [0.1, 0.15) is 33.6 Å². The average Bonchev–Trinajstić information content (AvgIpc) is 2.31. The smallest absolute Gasteiger partial charge is 0.223 e. The van der Waals surface area contributed by atoms with Crippen molar-refractivity contribution in [3.8, 4) is 0 Å². The highest BCUT2D eigenvalue weighted by molar-refractivity contribution is 5.77. The number of hydrogen-bond acceptors (Lipinski definition) is 1. The van der Waals surface area contributed by atoms with Gasteiger partial charge < -0.3 is 4.90 Å². The predicted molar refractivity (Wildman–Crippen MR) is 54.4 cm³/mol. The Morgan fingerprint density at radius 1 is 1.54 bits per heavy atom. The lowest BCUT2D eigenvalue weighted by atomic mass is 9.92. The number of nitrogens with zero attached hydrogens (tertiary/aromatic N) is 1. The van der Waals surface area contributed by atoms with Gasteiger partial charge in [-0.3, -0.25) is 4.79 Å². The number of carbonyl (C=O) groups excluding carboxylic acids is 1. The largest absolute Gasteiger partial charge is 0.338 e. The van der Waals surface area contributed by atoms with Crippen LogP contribution in [0.4, 0.5) is 0 Å². The minimum Gasteiger partial charge on any atom is -0.338 e. The Bertz CT molecular complexity index is 225. The molecule has 0 bridgehead atoms. The van der Waals surface area contributed by atoms with Crippen molar-refractivity contribution in [2.75, 3.05) is 13.1 Å². The van der Waals surface area contributed by atoms with Crippen LogP contribution in [0.15, 0.2) is 12.2 Å². The normalized spacial score (nSPS) is 18.1. The molecule has 0 unspecified atom stereocenters. The van der Waals surface area contributed by atoms with Crippen molar-refractivity contribution in [1.82, 2.24) is 4.90 Å². The quantitative estimate of drug-likeness (QED) is 0.568. The van der Waals surface area contributed by atoms with Crippen molar-refractivity contribution >= 4 is 5.91 Å². The first kappa shape index (κ1) is 10.3. The van der Waals surface area contributed by atoms with Crippen molar-refractivity contribution < 1.29 is 4.79 Å². The van der Waals surface area contributed by atoms with Crippen molar-refractivity contribution in [3.63, 3.8) is 0 Å². The van der Waals surface area contributed by atoms with Gasteiger partial charge in [-0.25, -0.2) is 0 Å². The number of likely N-dealkylation sites (tertiary alicyclic amines) is 1. The molecule has 0 aromatic heterocycles. The van der Waals surface area contributed by atoms with Crippen LogP contribution >= 0.6 is 0 Å². The second-order valence-electron chi connectivity index (χ2n) is 5.05. The molecule has 1 heterocycles. The lowest BCUT2D eigenvalue weighted by Crippen LogP contribution is -2.30. The van der Waals surface area contributed by atoms with Gasteiger partial charge in [0.2, 0.25) is 5.91 Å². The van der Waals surface area contributed by atoms with Gasteiger partial charge in [0, 0.05) is 19.5 Å². The average molecular weight is 181 g/mol. The standard InChI is InChI=1S/C11H19NO/c1-9-5-6-12(8-9)10(13)7-11(2,3)4/h1,5-8H2,2-4H3. The fraction of sp³-hybridized carbons (Fsp3) is 0.727. The maximum Gasteiger partial charge on any atom is 0.223 e. The fourth-order valence-electron chi connectivity index (χ4n) is 1.50. The summed E-state index contributed by atoms with van der Waals surface area (Å²) in [5.41, 5.74) is 1.28. The van der Waals surface area contributed by atoms with E-state index in [0.717, 1.165) is 19.5 Å². The van der Waals surface area contributed by atoms with Crippen LogP contribution in [0.5, 0.6) is 0 Å². The molecular formula is C11H19NO. The zero-order valence-electron chi connectivity index (χ0n) is 8.89. The molecule has 0 radical (unpaired) electrons. The summed E-state index contributed by atoms with van der Waals surface area (Å²) in [6, 6.07) is 0. The number of hydrogen-bond donors (Lipinski definition) is 0. The molecule has 0 spiro atoms. The fourth-order valence-corrected chi connectivity index (χ4v) is 1.50. The van der Waals surface area contributed by atoms with E-state index < -0.39 is 0 Å². The van der Waals surface area contributed by atoms with E-state index in [4.69, 9.17) is 0 Å². The minimum absolute atomic E-state index is 0.0982. The van der Waals surface area contributed by atoms with E-state index in [0.29, 0.717) is 6.42 Å². The first-order valence-electron chi connectivity index (χ1n) is 4.83. The third-order valence-corrected chi connectivity index (χ3v) is 2.18. The van der Waals surface area contributed by atoms with Gasteiger partial charge in [-0.15, -0.1) is 0 Å². The summed E-state index contributed by atoms with van der Waals surface area (Å²) in [6.45, 7) is 11.8. The molecule has 0 atom stereocenters. The summed E-state index contributed by atoms with van der Waals surface area (Å²) < 4.78 is 0. The molecule has 1 aliphatic rings. The van der Waals surface area contributed by atoms with Crippen LogP contribution in [-0.4, -0.2) is 23.9 Å². The lowest BCUT2D eigenvalue weighted by Gasteiger charge is -2.22. The molecule has 0 saturated carbocycles. The van der Waals surface area contributed by atoms with Crippen molar-refractivity contribution in [2.24, 2.45) is 5.41 Å². The van der Waals surface area contributed by atoms with E-state index in [-0.39, 0.29) is 11.3 Å². The minimum atomic E-state index is 0.0982. The van der Waals surface area contributed by atoms with Crippen molar-refractivity contribution in [3.05, 3.63) is 12.2 Å². The Balaban J connectivity index is 2.45. The van der Waals surface area contributed by atoms with E-state index in [2.05, 4.69) is 27.4 Å². The molecule has 13 heavy (non-hydrogen) atoms. The summed E-state index contributed by atoms with van der Waals surface area (Å²) in [5, 5.41) is 0. The molecule has 1 fully saturated rings. The molecule has 74 valence electrons. The molecule has 2 heteroatoms. The second-order valence-corrected chi connectivity index (χ2v) is 5.05. The summed E-state index contributed by atoms with van der Waals surface area (Å²) in [6.07, 6.45) is 1.62. The van der Waals surface area contributed by atoms with Crippen LogP contribution in [0.2, 0.25) is 0 Å². The Morgan fingerprint density at radius 3 is 2.54 bits per heavy atom. The van der Waals surface area contributed by atoms with Gasteiger partial charge in [-0.05, 0) is 11.8 Å². The second kappa shape index (κ2) is 3.52. The Morgan fingerprint density at radius 2 is 2.15 bits per heavy atom. The van der Waals surface area contributed by atoms with Crippen LogP contribution in [0, 0.1) is 5.41 Å². The van der Waals surface area contributed by atoms with Gasteiger partial charge in [-0.2, -0.15) is 0 Å². The number of amides is 1. The highest BCUT2D eigenvalue weighted by atomic mass is 16.2. The lowest BCUT2D eigenvalue weighted by molar-refractivity contribution is -0.131. The van der Waals surface area contributed by atoms with Crippen molar-refractivity contribution in [1.29, 1.82) is 0 Å². The molecule has 0 aromatic carbocycles. The van der Waals surface area contributed by atoms with Gasteiger partial charge in [-0.1, -0.05) is 32.9 Å². The van der Waals surface area contributed by atoms with E-state index in [1.54, 1.807) is 0 Å². The molecule has 1 rings (SSSR count). The third kappa shape index (κ3) is 3.21. The van der Waals surface area contributed by atoms with Gasteiger partial charge in [0.05, 0.1) is 0 Å². The monoisotopic (exact) mass is 181 g/mol. The van der Waals surface area contributed by atoms with E-state index >= 15 is 0 Å². The Labute approximate surface area is 80.6 Å². The third-order valence-electron chi connectivity index (χ3n) is 2.18. The molecule has 1 saturated heterocycles. The Kier molecular flexibility index (Phi) is 2.79. The van der Waals surface area contributed by atoms with Gasteiger partial charge >= 0.3 is 0 Å². The van der Waals surface area contributed by atoms with Crippen LogP contribution in [-0.2, 0) is 4.79 Å². The van der Waals surface area contributed by atoms with Crippen LogP contribution in [0.25, 0.3) is 0 Å². The Hall–Kier alpha value is -0.790.